The molecule has 0 bridgehead atoms. The molecule has 0 saturated heterocycles. The van der Waals surface area contributed by atoms with Gasteiger partial charge < -0.3 is 5.32 Å². The van der Waals surface area contributed by atoms with Crippen LogP contribution in [0.1, 0.15) is 48.6 Å². The number of carbonyl (C=O) groups excluding carboxylic acids is 1. The van der Waals surface area contributed by atoms with Gasteiger partial charge in [0, 0.05) is 19.6 Å². The summed E-state index contributed by atoms with van der Waals surface area (Å²) in [6.07, 6.45) is 2.95. The van der Waals surface area contributed by atoms with Gasteiger partial charge in [0.25, 0.3) is 0 Å². The van der Waals surface area contributed by atoms with E-state index in [9.17, 15) is 4.79 Å². The molecular formula is C19H25N5O. The van der Waals surface area contributed by atoms with Crippen molar-refractivity contribution in [3.63, 3.8) is 0 Å². The maximum Gasteiger partial charge on any atom is 0.237 e. The highest BCUT2D eigenvalue weighted by atomic mass is 16.2. The highest BCUT2D eigenvalue weighted by Gasteiger charge is 2.30. The predicted octanol–water partition coefficient (Wildman–Crippen LogP) is 1.98. The molecule has 2 aromatic rings. The largest absolute Gasteiger partial charge is 0.345 e. The smallest absolute Gasteiger partial charge is 0.237 e. The van der Waals surface area contributed by atoms with Crippen molar-refractivity contribution < 1.29 is 4.79 Å². The molecule has 1 N–H and O–H groups in total. The first kappa shape index (κ1) is 16.3. The molecule has 0 saturated carbocycles. The molecule has 2 atom stereocenters. The topological polar surface area (TPSA) is 63.1 Å². The molecule has 1 aromatic heterocycles. The van der Waals surface area contributed by atoms with Crippen molar-refractivity contribution in [1.29, 1.82) is 0 Å². The number of aryl methyl sites for hydroxylation is 2. The Hall–Kier alpha value is -2.21. The summed E-state index contributed by atoms with van der Waals surface area (Å²) in [7, 11) is 0. The van der Waals surface area contributed by atoms with Gasteiger partial charge in [0.1, 0.15) is 11.6 Å². The van der Waals surface area contributed by atoms with Crippen molar-refractivity contribution in [2.45, 2.75) is 58.3 Å². The molecule has 132 valence electrons. The Balaban J connectivity index is 1.44. The van der Waals surface area contributed by atoms with Crippen LogP contribution < -0.4 is 5.32 Å². The predicted molar refractivity (Wildman–Crippen MR) is 94.9 cm³/mol. The summed E-state index contributed by atoms with van der Waals surface area (Å²) in [5, 5.41) is 7.62. The molecule has 1 aromatic carbocycles. The van der Waals surface area contributed by atoms with Gasteiger partial charge in [0.2, 0.25) is 5.91 Å². The number of fused-ring (bicyclic) bond motifs is 2. The van der Waals surface area contributed by atoms with E-state index < -0.39 is 0 Å². The van der Waals surface area contributed by atoms with Gasteiger partial charge in [-0.1, -0.05) is 24.3 Å². The van der Waals surface area contributed by atoms with E-state index in [-0.39, 0.29) is 18.0 Å². The third kappa shape index (κ3) is 3.18. The minimum Gasteiger partial charge on any atom is -0.345 e. The Morgan fingerprint density at radius 1 is 1.28 bits per heavy atom. The standard InChI is InChI=1S/C19H25N5O/c1-13(23-11-9-15-6-3-4-7-16(15)12-23)19(25)21-17-8-5-10-24-18(17)20-14(2)22-24/h3-4,6-7,13,17H,5,8-12H2,1-2H3,(H,21,25). The van der Waals surface area contributed by atoms with E-state index in [0.29, 0.717) is 0 Å². The average molecular weight is 339 g/mol. The summed E-state index contributed by atoms with van der Waals surface area (Å²) in [6, 6.07) is 8.35. The summed E-state index contributed by atoms with van der Waals surface area (Å²) in [6.45, 7) is 6.55. The maximum absolute atomic E-state index is 12.8. The van der Waals surface area contributed by atoms with E-state index in [2.05, 4.69) is 44.6 Å². The maximum atomic E-state index is 12.8. The molecule has 0 radical (unpaired) electrons. The van der Waals surface area contributed by atoms with Crippen LogP contribution in [0.2, 0.25) is 0 Å². The van der Waals surface area contributed by atoms with Gasteiger partial charge in [0.15, 0.2) is 0 Å². The third-order valence-corrected chi connectivity index (χ3v) is 5.38. The minimum absolute atomic E-state index is 0.0259. The number of nitrogens with zero attached hydrogens (tertiary/aromatic N) is 4. The second-order valence-electron chi connectivity index (χ2n) is 7.11. The SMILES string of the molecule is Cc1nc2n(n1)CCCC2NC(=O)C(C)N1CCc2ccccc2C1. The van der Waals surface area contributed by atoms with E-state index in [1.54, 1.807) is 0 Å². The van der Waals surface area contributed by atoms with Crippen molar-refractivity contribution in [3.05, 3.63) is 47.0 Å². The number of benzene rings is 1. The molecular weight excluding hydrogens is 314 g/mol. The Bertz CT molecular complexity index is 784. The van der Waals surface area contributed by atoms with Crippen LogP contribution in [-0.2, 0) is 24.3 Å². The van der Waals surface area contributed by atoms with Crippen LogP contribution in [-0.4, -0.2) is 38.2 Å². The molecule has 0 spiro atoms. The van der Waals surface area contributed by atoms with Gasteiger partial charge in [-0.3, -0.25) is 9.69 Å². The van der Waals surface area contributed by atoms with E-state index in [1.165, 1.54) is 11.1 Å². The lowest BCUT2D eigenvalue weighted by molar-refractivity contribution is -0.127. The third-order valence-electron chi connectivity index (χ3n) is 5.38. The van der Waals surface area contributed by atoms with E-state index >= 15 is 0 Å². The van der Waals surface area contributed by atoms with Crippen LogP contribution in [0.4, 0.5) is 0 Å². The number of rotatable bonds is 3. The number of carbonyl (C=O) groups is 1. The number of nitrogens with one attached hydrogen (secondary N) is 1. The second kappa shape index (κ2) is 6.59. The van der Waals surface area contributed by atoms with Gasteiger partial charge in [-0.15, -0.1) is 0 Å². The normalized spacial score (nSPS) is 21.3. The Morgan fingerprint density at radius 2 is 2.08 bits per heavy atom. The quantitative estimate of drug-likeness (QED) is 0.929. The summed E-state index contributed by atoms with van der Waals surface area (Å²) in [5.41, 5.74) is 2.74. The zero-order valence-electron chi connectivity index (χ0n) is 14.9. The van der Waals surface area contributed by atoms with Crippen LogP contribution in [0, 0.1) is 6.92 Å². The van der Waals surface area contributed by atoms with Crippen LogP contribution in [0.3, 0.4) is 0 Å². The molecule has 0 fully saturated rings. The zero-order chi connectivity index (χ0) is 17.4. The fourth-order valence-electron chi connectivity index (χ4n) is 3.91. The van der Waals surface area contributed by atoms with Crippen LogP contribution >= 0.6 is 0 Å². The van der Waals surface area contributed by atoms with Gasteiger partial charge in [-0.2, -0.15) is 5.10 Å². The Labute approximate surface area is 148 Å². The van der Waals surface area contributed by atoms with Gasteiger partial charge in [0.05, 0.1) is 12.1 Å². The van der Waals surface area contributed by atoms with Crippen molar-refractivity contribution in [1.82, 2.24) is 25.0 Å². The van der Waals surface area contributed by atoms with Gasteiger partial charge in [-0.05, 0) is 44.2 Å². The molecule has 25 heavy (non-hydrogen) atoms. The van der Waals surface area contributed by atoms with Crippen LogP contribution in [0.5, 0.6) is 0 Å². The zero-order valence-corrected chi connectivity index (χ0v) is 14.9. The van der Waals surface area contributed by atoms with Crippen LogP contribution in [0.25, 0.3) is 0 Å². The summed E-state index contributed by atoms with van der Waals surface area (Å²) in [5.74, 6) is 1.75. The average Bonchev–Trinajstić information content (AvgIpc) is 3.02. The highest BCUT2D eigenvalue weighted by Crippen LogP contribution is 2.24. The van der Waals surface area contributed by atoms with Crippen LogP contribution in [0.15, 0.2) is 24.3 Å². The Morgan fingerprint density at radius 3 is 2.92 bits per heavy atom. The Kier molecular flexibility index (Phi) is 4.29. The fourth-order valence-corrected chi connectivity index (χ4v) is 3.91. The molecule has 2 unspecified atom stereocenters. The lowest BCUT2D eigenvalue weighted by atomic mass is 9.98. The number of hydrogen-bond donors (Lipinski definition) is 1. The van der Waals surface area contributed by atoms with Gasteiger partial charge in [-0.25, -0.2) is 9.67 Å². The van der Waals surface area contributed by atoms with E-state index in [0.717, 1.165) is 50.5 Å². The molecule has 4 rings (SSSR count). The van der Waals surface area contributed by atoms with E-state index in [1.807, 2.05) is 18.5 Å². The number of hydrogen-bond acceptors (Lipinski definition) is 4. The second-order valence-corrected chi connectivity index (χ2v) is 7.11. The van der Waals surface area contributed by atoms with Gasteiger partial charge >= 0.3 is 0 Å². The first-order valence-corrected chi connectivity index (χ1v) is 9.14. The number of amides is 1. The first-order chi connectivity index (χ1) is 12.1. The lowest BCUT2D eigenvalue weighted by Crippen LogP contribution is -2.48. The lowest BCUT2D eigenvalue weighted by Gasteiger charge is -2.34. The molecule has 6 heteroatoms. The minimum atomic E-state index is -0.146. The summed E-state index contributed by atoms with van der Waals surface area (Å²) in [4.78, 5) is 19.6. The fraction of sp³-hybridized carbons (Fsp3) is 0.526. The first-order valence-electron chi connectivity index (χ1n) is 9.14. The van der Waals surface area contributed by atoms with Crippen molar-refractivity contribution in [2.24, 2.45) is 0 Å². The monoisotopic (exact) mass is 339 g/mol. The molecule has 6 nitrogen and oxygen atoms in total. The summed E-state index contributed by atoms with van der Waals surface area (Å²) >= 11 is 0. The summed E-state index contributed by atoms with van der Waals surface area (Å²) < 4.78 is 1.94. The number of aromatic nitrogens is 3. The van der Waals surface area contributed by atoms with Crippen molar-refractivity contribution in [2.75, 3.05) is 6.54 Å². The van der Waals surface area contributed by atoms with Crippen molar-refractivity contribution >= 4 is 5.91 Å². The van der Waals surface area contributed by atoms with E-state index in [4.69, 9.17) is 0 Å². The molecule has 1 amide bonds. The highest BCUT2D eigenvalue weighted by molar-refractivity contribution is 5.81. The molecule has 2 aliphatic rings. The van der Waals surface area contributed by atoms with Crippen molar-refractivity contribution in [3.8, 4) is 0 Å². The molecule has 3 heterocycles. The molecule has 2 aliphatic heterocycles. The molecule has 0 aliphatic carbocycles.